The highest BCUT2D eigenvalue weighted by Crippen LogP contribution is 2.30. The monoisotopic (exact) mass is 487 g/mol. The number of nitrogens with one attached hydrogen (secondary N) is 1. The molecular weight excluding hydrogens is 454 g/mol. The Morgan fingerprint density at radius 2 is 1.72 bits per heavy atom. The second-order valence-electron chi connectivity index (χ2n) is 9.79. The Bertz CT molecular complexity index is 1460. The Labute approximate surface area is 211 Å². The molecular formula is C28H33N5O3. The van der Waals surface area contributed by atoms with Crippen LogP contribution in [-0.4, -0.2) is 45.1 Å². The van der Waals surface area contributed by atoms with Gasteiger partial charge >= 0.3 is 0 Å². The van der Waals surface area contributed by atoms with Crippen LogP contribution in [0, 0.1) is 34.6 Å². The molecule has 2 amide bonds. The van der Waals surface area contributed by atoms with Gasteiger partial charge in [-0.25, -0.2) is 9.67 Å². The molecule has 0 unspecified atom stereocenters. The smallest absolute Gasteiger partial charge is 0.254 e. The molecule has 0 aliphatic rings. The van der Waals surface area contributed by atoms with Crippen LogP contribution in [0.1, 0.15) is 58.5 Å². The molecule has 3 aromatic heterocycles. The van der Waals surface area contributed by atoms with Gasteiger partial charge in [0, 0.05) is 24.3 Å². The molecule has 0 spiro atoms. The van der Waals surface area contributed by atoms with Crippen molar-refractivity contribution in [2.75, 3.05) is 18.9 Å². The fourth-order valence-corrected chi connectivity index (χ4v) is 4.64. The molecule has 4 rings (SSSR count). The number of pyridine rings is 1. The third-order valence-electron chi connectivity index (χ3n) is 6.27. The SMILES string of the molecule is Cc1cc(C)c(NC(=O)CN(C)C(=O)c2cc(-c3cc(C)oc3C)nc3c2cnn3C(C)C)c(C)c1. The van der Waals surface area contributed by atoms with E-state index in [9.17, 15) is 9.59 Å². The normalized spacial score (nSPS) is 11.4. The maximum Gasteiger partial charge on any atom is 0.254 e. The first-order valence-corrected chi connectivity index (χ1v) is 12.0. The summed E-state index contributed by atoms with van der Waals surface area (Å²) in [6.45, 7) is 13.6. The third-order valence-corrected chi connectivity index (χ3v) is 6.27. The van der Waals surface area contributed by atoms with E-state index in [4.69, 9.17) is 9.40 Å². The molecule has 36 heavy (non-hydrogen) atoms. The predicted octanol–water partition coefficient (Wildman–Crippen LogP) is 5.53. The van der Waals surface area contributed by atoms with Crippen LogP contribution in [0.25, 0.3) is 22.3 Å². The highest BCUT2D eigenvalue weighted by atomic mass is 16.3. The number of rotatable bonds is 6. The van der Waals surface area contributed by atoms with Gasteiger partial charge in [0.15, 0.2) is 5.65 Å². The lowest BCUT2D eigenvalue weighted by Crippen LogP contribution is -2.35. The van der Waals surface area contributed by atoms with Crippen molar-refractivity contribution in [1.82, 2.24) is 19.7 Å². The Balaban J connectivity index is 1.68. The number of aromatic nitrogens is 3. The number of anilines is 1. The van der Waals surface area contributed by atoms with Gasteiger partial charge in [0.2, 0.25) is 5.91 Å². The van der Waals surface area contributed by atoms with E-state index in [0.29, 0.717) is 22.3 Å². The minimum Gasteiger partial charge on any atom is -0.466 e. The van der Waals surface area contributed by atoms with Gasteiger partial charge in [-0.3, -0.25) is 9.59 Å². The zero-order valence-corrected chi connectivity index (χ0v) is 22.2. The molecule has 0 aliphatic carbocycles. The van der Waals surface area contributed by atoms with Gasteiger partial charge in [-0.15, -0.1) is 0 Å². The molecule has 1 N–H and O–H groups in total. The lowest BCUT2D eigenvalue weighted by molar-refractivity contribution is -0.116. The summed E-state index contributed by atoms with van der Waals surface area (Å²) in [7, 11) is 1.63. The van der Waals surface area contributed by atoms with Crippen molar-refractivity contribution in [2.24, 2.45) is 0 Å². The highest BCUT2D eigenvalue weighted by molar-refractivity contribution is 6.08. The number of fused-ring (bicyclic) bond motifs is 1. The van der Waals surface area contributed by atoms with Gasteiger partial charge in [-0.05, 0) is 71.7 Å². The molecule has 188 valence electrons. The molecule has 0 radical (unpaired) electrons. The summed E-state index contributed by atoms with van der Waals surface area (Å²) >= 11 is 0. The fraction of sp³-hybridized carbons (Fsp3) is 0.357. The third kappa shape index (κ3) is 4.76. The molecule has 1 aromatic carbocycles. The van der Waals surface area contributed by atoms with Gasteiger partial charge < -0.3 is 14.6 Å². The number of carbonyl (C=O) groups is 2. The molecule has 0 atom stereocenters. The van der Waals surface area contributed by atoms with E-state index < -0.39 is 0 Å². The lowest BCUT2D eigenvalue weighted by Gasteiger charge is -2.19. The van der Waals surface area contributed by atoms with Crippen LogP contribution in [0.3, 0.4) is 0 Å². The minimum absolute atomic E-state index is 0.0601. The van der Waals surface area contributed by atoms with E-state index in [1.165, 1.54) is 4.90 Å². The summed E-state index contributed by atoms with van der Waals surface area (Å²) in [6.07, 6.45) is 1.67. The summed E-state index contributed by atoms with van der Waals surface area (Å²) in [6, 6.07) is 7.79. The first kappa shape index (κ1) is 25.2. The quantitative estimate of drug-likeness (QED) is 0.386. The summed E-state index contributed by atoms with van der Waals surface area (Å²) in [4.78, 5) is 32.8. The standard InChI is InChI=1S/C28H33N5O3/c1-15(2)33-27-23(13-29-33)22(12-24(30-27)21-11-19(6)36-20(21)7)28(35)32(8)14-25(34)31-26-17(4)9-16(3)10-18(26)5/h9-13,15H,14H2,1-8H3,(H,31,34). The largest absolute Gasteiger partial charge is 0.466 e. The lowest BCUT2D eigenvalue weighted by atomic mass is 10.0. The molecule has 0 fully saturated rings. The number of likely N-dealkylation sites (N-methyl/N-ethyl adjacent to an activating group) is 1. The Morgan fingerprint density at radius 1 is 1.06 bits per heavy atom. The van der Waals surface area contributed by atoms with Crippen LogP contribution >= 0.6 is 0 Å². The predicted molar refractivity (Wildman–Crippen MR) is 141 cm³/mol. The zero-order valence-electron chi connectivity index (χ0n) is 22.2. The molecule has 0 saturated heterocycles. The number of furan rings is 1. The molecule has 0 saturated carbocycles. The maximum atomic E-state index is 13.6. The number of hydrogen-bond acceptors (Lipinski definition) is 5. The van der Waals surface area contributed by atoms with E-state index >= 15 is 0 Å². The summed E-state index contributed by atoms with van der Waals surface area (Å²) < 4.78 is 7.51. The van der Waals surface area contributed by atoms with Crippen LogP contribution in [0.5, 0.6) is 0 Å². The average molecular weight is 488 g/mol. The van der Waals surface area contributed by atoms with Gasteiger partial charge in [-0.2, -0.15) is 5.10 Å². The summed E-state index contributed by atoms with van der Waals surface area (Å²) in [5.41, 5.74) is 6.41. The van der Waals surface area contributed by atoms with Crippen molar-refractivity contribution in [1.29, 1.82) is 0 Å². The number of hydrogen-bond donors (Lipinski definition) is 1. The topological polar surface area (TPSA) is 93.3 Å². The van der Waals surface area contributed by atoms with Crippen LogP contribution in [0.2, 0.25) is 0 Å². The number of carbonyl (C=O) groups excluding carboxylic acids is 2. The van der Waals surface area contributed by atoms with Gasteiger partial charge in [-0.1, -0.05) is 17.7 Å². The zero-order chi connectivity index (χ0) is 26.3. The number of benzene rings is 1. The van der Waals surface area contributed by atoms with E-state index in [-0.39, 0.29) is 24.4 Å². The first-order chi connectivity index (χ1) is 17.0. The Morgan fingerprint density at radius 3 is 2.31 bits per heavy atom. The molecule has 0 aliphatic heterocycles. The number of amides is 2. The van der Waals surface area contributed by atoms with Crippen LogP contribution in [0.4, 0.5) is 5.69 Å². The van der Waals surface area contributed by atoms with E-state index in [0.717, 1.165) is 39.5 Å². The Kier molecular flexibility index (Phi) is 6.71. The van der Waals surface area contributed by atoms with E-state index in [1.807, 2.05) is 66.7 Å². The van der Waals surface area contributed by atoms with Crippen molar-refractivity contribution >= 4 is 28.5 Å². The van der Waals surface area contributed by atoms with Gasteiger partial charge in [0.1, 0.15) is 11.5 Å². The van der Waals surface area contributed by atoms with E-state index in [1.54, 1.807) is 24.0 Å². The first-order valence-electron chi connectivity index (χ1n) is 12.0. The molecule has 0 bridgehead atoms. The van der Waals surface area contributed by atoms with Crippen molar-refractivity contribution in [3.8, 4) is 11.3 Å². The van der Waals surface area contributed by atoms with E-state index in [2.05, 4.69) is 10.4 Å². The van der Waals surface area contributed by atoms with Crippen molar-refractivity contribution in [2.45, 2.75) is 54.5 Å². The van der Waals surface area contributed by atoms with Crippen LogP contribution < -0.4 is 5.32 Å². The number of aryl methyl sites for hydroxylation is 5. The second-order valence-corrected chi connectivity index (χ2v) is 9.79. The molecule has 3 heterocycles. The Hall–Kier alpha value is -3.94. The minimum atomic E-state index is -0.280. The van der Waals surface area contributed by atoms with Crippen molar-refractivity contribution in [3.63, 3.8) is 0 Å². The van der Waals surface area contributed by atoms with Gasteiger partial charge in [0.25, 0.3) is 5.91 Å². The fourth-order valence-electron chi connectivity index (χ4n) is 4.64. The molecule has 8 heteroatoms. The number of nitrogens with zero attached hydrogens (tertiary/aromatic N) is 4. The van der Waals surface area contributed by atoms with Gasteiger partial charge in [0.05, 0.1) is 29.4 Å². The summed E-state index contributed by atoms with van der Waals surface area (Å²) in [5, 5.41) is 8.10. The molecule has 4 aromatic rings. The van der Waals surface area contributed by atoms with Crippen LogP contribution in [-0.2, 0) is 4.79 Å². The highest BCUT2D eigenvalue weighted by Gasteiger charge is 2.23. The van der Waals surface area contributed by atoms with Crippen molar-refractivity contribution < 1.29 is 14.0 Å². The summed E-state index contributed by atoms with van der Waals surface area (Å²) in [5.74, 6) is 0.956. The maximum absolute atomic E-state index is 13.6. The average Bonchev–Trinajstić information content (AvgIpc) is 3.37. The van der Waals surface area contributed by atoms with Crippen molar-refractivity contribution in [3.05, 3.63) is 64.2 Å². The molecule has 8 nitrogen and oxygen atoms in total. The second kappa shape index (κ2) is 9.60. The van der Waals surface area contributed by atoms with Crippen LogP contribution in [0.15, 0.2) is 34.9 Å².